The van der Waals surface area contributed by atoms with Crippen molar-refractivity contribution in [3.05, 3.63) is 65.9 Å². The second kappa shape index (κ2) is 8.09. The normalized spacial score (nSPS) is 19.2. The van der Waals surface area contributed by atoms with E-state index in [1.54, 1.807) is 12.1 Å². The van der Waals surface area contributed by atoms with Crippen molar-refractivity contribution in [1.29, 1.82) is 0 Å². The van der Waals surface area contributed by atoms with Gasteiger partial charge in [-0.25, -0.2) is 9.37 Å². The van der Waals surface area contributed by atoms with Gasteiger partial charge in [-0.3, -0.25) is 9.20 Å². The van der Waals surface area contributed by atoms with Crippen molar-refractivity contribution >= 4 is 28.3 Å². The second-order valence-electron chi connectivity index (χ2n) is 8.22. The molecule has 0 saturated heterocycles. The van der Waals surface area contributed by atoms with E-state index in [9.17, 15) is 22.4 Å². The summed E-state index contributed by atoms with van der Waals surface area (Å²) in [5.74, 6) is -0.0893. The van der Waals surface area contributed by atoms with Crippen LogP contribution in [-0.2, 0) is 6.18 Å². The van der Waals surface area contributed by atoms with Gasteiger partial charge in [0.1, 0.15) is 22.9 Å². The number of carbonyl (C=O) groups excluding carboxylic acids is 1. The van der Waals surface area contributed by atoms with Crippen LogP contribution >= 0.6 is 0 Å². The Balaban J connectivity index is 1.20. The van der Waals surface area contributed by atoms with E-state index in [2.05, 4.69) is 15.6 Å². The largest absolute Gasteiger partial charge is 0.451 e. The Morgan fingerprint density at radius 2 is 1.82 bits per heavy atom. The summed E-state index contributed by atoms with van der Waals surface area (Å²) in [4.78, 5) is 16.2. The lowest BCUT2D eigenvalue weighted by molar-refractivity contribution is -0.140. The van der Waals surface area contributed by atoms with Gasteiger partial charge in [-0.1, -0.05) is 6.07 Å². The van der Waals surface area contributed by atoms with Gasteiger partial charge in [0, 0.05) is 23.7 Å². The molecule has 0 atom stereocenters. The number of aromatic nitrogens is 2. The Labute approximate surface area is 185 Å². The number of nitrogens with one attached hydrogen (secondary N) is 2. The fraction of sp³-hybridized carbons (Fsp3) is 0.304. The first-order valence-corrected chi connectivity index (χ1v) is 10.6. The number of benzene rings is 1. The first kappa shape index (κ1) is 21.3. The highest BCUT2D eigenvalue weighted by Gasteiger charge is 2.34. The number of anilines is 1. The zero-order valence-corrected chi connectivity index (χ0v) is 17.3. The molecule has 172 valence electrons. The van der Waals surface area contributed by atoms with E-state index in [1.807, 2.05) is 0 Å². The third kappa shape index (κ3) is 4.37. The van der Waals surface area contributed by atoms with Crippen LogP contribution in [0.25, 0.3) is 16.6 Å². The highest BCUT2D eigenvalue weighted by molar-refractivity contribution is 5.96. The van der Waals surface area contributed by atoms with Crippen LogP contribution in [0.1, 0.15) is 41.9 Å². The molecule has 1 aliphatic carbocycles. The van der Waals surface area contributed by atoms with Gasteiger partial charge in [0.05, 0.1) is 0 Å². The number of hydrogen-bond acceptors (Lipinski definition) is 4. The lowest BCUT2D eigenvalue weighted by Crippen LogP contribution is -2.40. The van der Waals surface area contributed by atoms with E-state index in [-0.39, 0.29) is 29.4 Å². The molecule has 2 N–H and O–H groups in total. The summed E-state index contributed by atoms with van der Waals surface area (Å²) in [5.41, 5.74) is -0.271. The highest BCUT2D eigenvalue weighted by atomic mass is 19.4. The van der Waals surface area contributed by atoms with Crippen LogP contribution in [0.4, 0.5) is 23.4 Å². The van der Waals surface area contributed by atoms with E-state index in [4.69, 9.17) is 4.42 Å². The Morgan fingerprint density at radius 1 is 1.06 bits per heavy atom. The maximum Gasteiger partial charge on any atom is 0.434 e. The maximum atomic E-state index is 13.3. The van der Waals surface area contributed by atoms with E-state index >= 15 is 0 Å². The van der Waals surface area contributed by atoms with E-state index < -0.39 is 17.7 Å². The quantitative estimate of drug-likeness (QED) is 0.401. The molecule has 4 aromatic rings. The lowest BCUT2D eigenvalue weighted by Gasteiger charge is -2.30. The number of amides is 1. The van der Waals surface area contributed by atoms with Crippen molar-refractivity contribution < 1.29 is 26.8 Å². The maximum absolute atomic E-state index is 13.3. The summed E-state index contributed by atoms with van der Waals surface area (Å²) in [6.07, 6.45) is -0.658. The minimum absolute atomic E-state index is 0.0506. The van der Waals surface area contributed by atoms with E-state index in [0.29, 0.717) is 29.6 Å². The number of alkyl halides is 3. The number of rotatable bonds is 4. The molecule has 0 bridgehead atoms. The molecule has 0 unspecified atom stereocenters. The lowest BCUT2D eigenvalue weighted by atomic mass is 9.91. The van der Waals surface area contributed by atoms with Gasteiger partial charge >= 0.3 is 6.18 Å². The van der Waals surface area contributed by atoms with E-state index in [1.165, 1.54) is 34.7 Å². The average Bonchev–Trinajstić information content (AvgIpc) is 3.39. The number of fused-ring (bicyclic) bond motifs is 2. The Bertz CT molecular complexity index is 1320. The highest BCUT2D eigenvalue weighted by Crippen LogP contribution is 2.30. The van der Waals surface area contributed by atoms with Gasteiger partial charge < -0.3 is 15.1 Å². The van der Waals surface area contributed by atoms with Gasteiger partial charge in [0.2, 0.25) is 0 Å². The van der Waals surface area contributed by atoms with Gasteiger partial charge in [-0.05, 0) is 62.1 Å². The molecule has 1 saturated carbocycles. The molecular weight excluding hydrogens is 440 g/mol. The molecule has 0 radical (unpaired) electrons. The first-order valence-electron chi connectivity index (χ1n) is 10.6. The number of nitrogens with zero attached hydrogens (tertiary/aromatic N) is 2. The minimum Gasteiger partial charge on any atom is -0.451 e. The molecule has 3 heterocycles. The summed E-state index contributed by atoms with van der Waals surface area (Å²) < 4.78 is 59.3. The minimum atomic E-state index is -4.51. The van der Waals surface area contributed by atoms with Crippen molar-refractivity contribution in [3.8, 4) is 0 Å². The molecular formula is C23H20F4N4O2. The van der Waals surface area contributed by atoms with Crippen LogP contribution in [0.2, 0.25) is 0 Å². The molecule has 1 aliphatic rings. The summed E-state index contributed by atoms with van der Waals surface area (Å²) in [6, 6.07) is 10.5. The van der Waals surface area contributed by atoms with Crippen LogP contribution < -0.4 is 10.6 Å². The van der Waals surface area contributed by atoms with Crippen molar-refractivity contribution in [1.82, 2.24) is 14.7 Å². The van der Waals surface area contributed by atoms with Gasteiger partial charge in [0.25, 0.3) is 5.91 Å². The van der Waals surface area contributed by atoms with Crippen molar-refractivity contribution in [3.63, 3.8) is 0 Å². The van der Waals surface area contributed by atoms with Crippen LogP contribution in [0.3, 0.4) is 0 Å². The number of halogens is 4. The molecule has 5 rings (SSSR count). The van der Waals surface area contributed by atoms with Crippen molar-refractivity contribution in [2.45, 2.75) is 43.9 Å². The van der Waals surface area contributed by atoms with E-state index in [0.717, 1.165) is 19.0 Å². The number of furan rings is 1. The number of carbonyl (C=O) groups is 1. The number of pyridine rings is 1. The predicted molar refractivity (Wildman–Crippen MR) is 113 cm³/mol. The first-order chi connectivity index (χ1) is 15.8. The molecule has 10 heteroatoms. The topological polar surface area (TPSA) is 71.6 Å². The summed E-state index contributed by atoms with van der Waals surface area (Å²) >= 11 is 0. The standard InChI is InChI=1S/C23H20F4N4O2/c24-14-4-9-17-13(10-14)11-18(33-17)22(32)29-16-7-5-15(6-8-16)28-20-2-1-3-21-30-19(12-31(20)21)23(25,26)27/h1-4,9-12,15-16,28H,5-8H2,(H,29,32). The fourth-order valence-corrected chi connectivity index (χ4v) is 4.24. The van der Waals surface area contributed by atoms with Gasteiger partial charge in [0.15, 0.2) is 11.5 Å². The van der Waals surface area contributed by atoms with Crippen LogP contribution in [0.15, 0.2) is 53.1 Å². The van der Waals surface area contributed by atoms with Crippen LogP contribution in [0.5, 0.6) is 0 Å². The number of imidazole rings is 1. The smallest absolute Gasteiger partial charge is 0.434 e. The molecule has 33 heavy (non-hydrogen) atoms. The zero-order valence-electron chi connectivity index (χ0n) is 17.3. The van der Waals surface area contributed by atoms with Crippen LogP contribution in [-0.4, -0.2) is 27.4 Å². The van der Waals surface area contributed by atoms with Crippen LogP contribution in [0, 0.1) is 5.82 Å². The monoisotopic (exact) mass is 460 g/mol. The van der Waals surface area contributed by atoms with Crippen molar-refractivity contribution in [2.24, 2.45) is 0 Å². The average molecular weight is 460 g/mol. The van der Waals surface area contributed by atoms with Gasteiger partial charge in [-0.15, -0.1) is 0 Å². The molecule has 1 fully saturated rings. The summed E-state index contributed by atoms with van der Waals surface area (Å²) in [6.45, 7) is 0. The SMILES string of the molecule is O=C(NC1CCC(Nc2cccc3nc(C(F)(F)F)cn23)CC1)c1cc2cc(F)ccc2o1. The Kier molecular flexibility index (Phi) is 5.22. The Morgan fingerprint density at radius 3 is 2.58 bits per heavy atom. The molecule has 1 aromatic carbocycles. The molecule has 0 aliphatic heterocycles. The molecule has 1 amide bonds. The molecule has 3 aromatic heterocycles. The third-order valence-electron chi connectivity index (χ3n) is 5.90. The number of hydrogen-bond donors (Lipinski definition) is 2. The van der Waals surface area contributed by atoms with Crippen molar-refractivity contribution in [2.75, 3.05) is 5.32 Å². The third-order valence-corrected chi connectivity index (χ3v) is 5.90. The second-order valence-corrected chi connectivity index (χ2v) is 8.22. The summed E-state index contributed by atoms with van der Waals surface area (Å²) in [7, 11) is 0. The summed E-state index contributed by atoms with van der Waals surface area (Å²) in [5, 5.41) is 6.78. The molecule has 6 nitrogen and oxygen atoms in total. The molecule has 0 spiro atoms. The predicted octanol–water partition coefficient (Wildman–Crippen LogP) is 5.39. The zero-order chi connectivity index (χ0) is 23.2. The fourth-order valence-electron chi connectivity index (χ4n) is 4.24. The Hall–Kier alpha value is -3.56. The van der Waals surface area contributed by atoms with Gasteiger partial charge in [-0.2, -0.15) is 13.2 Å².